The van der Waals surface area contributed by atoms with Crippen molar-refractivity contribution in [2.24, 2.45) is 0 Å². The van der Waals surface area contributed by atoms with E-state index in [4.69, 9.17) is 9.47 Å². The first kappa shape index (κ1) is 17.8. The van der Waals surface area contributed by atoms with Crippen molar-refractivity contribution in [2.75, 3.05) is 6.61 Å². The Bertz CT molecular complexity index is 978. The average Bonchev–Trinajstić information content (AvgIpc) is 3.05. The maximum absolute atomic E-state index is 13.7. The Morgan fingerprint density at radius 1 is 1.15 bits per heavy atom. The third kappa shape index (κ3) is 3.05. The maximum Gasteiger partial charge on any atom is 0.167 e. The molecule has 0 bridgehead atoms. The van der Waals surface area contributed by atoms with E-state index >= 15 is 0 Å². The first-order valence-corrected chi connectivity index (χ1v) is 9.48. The number of hydrogen-bond acceptors (Lipinski definition) is 3. The van der Waals surface area contributed by atoms with Crippen LogP contribution in [0.1, 0.15) is 62.6 Å². The number of alkyl halides is 1. The van der Waals surface area contributed by atoms with Crippen LogP contribution in [0.25, 0.3) is 11.0 Å². The van der Waals surface area contributed by atoms with Gasteiger partial charge >= 0.3 is 0 Å². The van der Waals surface area contributed by atoms with Crippen molar-refractivity contribution >= 4 is 11.0 Å². The highest BCUT2D eigenvalue weighted by Crippen LogP contribution is 2.42. The number of imidazole rings is 1. The van der Waals surface area contributed by atoms with Crippen LogP contribution in [0, 0.1) is 0 Å². The van der Waals surface area contributed by atoms with Gasteiger partial charge in [0.2, 0.25) is 0 Å². The molecule has 0 spiro atoms. The molecule has 4 nitrogen and oxygen atoms in total. The van der Waals surface area contributed by atoms with Crippen LogP contribution in [0.2, 0.25) is 0 Å². The summed E-state index contributed by atoms with van der Waals surface area (Å²) >= 11 is 0. The molecule has 5 heteroatoms. The molecule has 0 fully saturated rings. The van der Waals surface area contributed by atoms with Crippen LogP contribution >= 0.6 is 0 Å². The smallest absolute Gasteiger partial charge is 0.167 e. The van der Waals surface area contributed by atoms with E-state index in [9.17, 15) is 4.39 Å². The standard InChI is InChI=1S/C22H25FN2O2/c1-13(2)16-6-5-7-19-21(16)27-20(11-26-19)15-8-9-17-18(10-15)25(12-23)22(24-17)14(3)4/h5-10,13-14,20H,11-12H2,1-4H3. The Balaban J connectivity index is 1.73. The lowest BCUT2D eigenvalue weighted by Gasteiger charge is -2.29. The fraction of sp³-hybridized carbons (Fsp3) is 0.409. The number of rotatable bonds is 4. The SMILES string of the molecule is CC(C)c1cccc2c1OC(c1ccc3nc(C(C)C)n(CF)c3c1)CO2. The van der Waals surface area contributed by atoms with Crippen molar-refractivity contribution in [1.82, 2.24) is 9.55 Å². The molecular formula is C22H25FN2O2. The molecule has 3 aromatic rings. The van der Waals surface area contributed by atoms with Gasteiger partial charge in [0.1, 0.15) is 12.4 Å². The third-order valence-electron chi connectivity index (χ3n) is 5.09. The molecule has 0 aliphatic carbocycles. The normalized spacial score (nSPS) is 16.5. The summed E-state index contributed by atoms with van der Waals surface area (Å²) in [6, 6.07) is 11.9. The van der Waals surface area contributed by atoms with Crippen molar-refractivity contribution in [3.63, 3.8) is 0 Å². The summed E-state index contributed by atoms with van der Waals surface area (Å²) in [6.07, 6.45) is -0.229. The minimum absolute atomic E-state index is 0.159. The van der Waals surface area contributed by atoms with Crippen molar-refractivity contribution in [1.29, 1.82) is 0 Å². The Hall–Kier alpha value is -2.56. The topological polar surface area (TPSA) is 36.3 Å². The van der Waals surface area contributed by atoms with Gasteiger partial charge in [-0.05, 0) is 29.7 Å². The minimum Gasteiger partial charge on any atom is -0.485 e. The highest BCUT2D eigenvalue weighted by molar-refractivity contribution is 5.77. The Kier molecular flexibility index (Phi) is 4.54. The van der Waals surface area contributed by atoms with E-state index in [0.29, 0.717) is 12.5 Å². The second-order valence-electron chi connectivity index (χ2n) is 7.67. The summed E-state index contributed by atoms with van der Waals surface area (Å²) in [5.74, 6) is 2.86. The predicted molar refractivity (Wildman–Crippen MR) is 104 cm³/mol. The predicted octanol–water partition coefficient (Wildman–Crippen LogP) is 5.72. The van der Waals surface area contributed by atoms with Gasteiger partial charge in [-0.2, -0.15) is 0 Å². The van der Waals surface area contributed by atoms with Crippen LogP contribution in [-0.4, -0.2) is 16.2 Å². The molecule has 1 unspecified atom stereocenters. The summed E-state index contributed by atoms with van der Waals surface area (Å²) in [5, 5.41) is 0. The van der Waals surface area contributed by atoms with E-state index in [-0.39, 0.29) is 12.0 Å². The first-order chi connectivity index (χ1) is 13.0. The van der Waals surface area contributed by atoms with Crippen molar-refractivity contribution in [2.45, 2.75) is 52.4 Å². The van der Waals surface area contributed by atoms with Crippen molar-refractivity contribution in [3.8, 4) is 11.5 Å². The molecule has 0 N–H and O–H groups in total. The Morgan fingerprint density at radius 3 is 2.67 bits per heavy atom. The van der Waals surface area contributed by atoms with Gasteiger partial charge in [-0.25, -0.2) is 9.37 Å². The minimum atomic E-state index is -0.587. The number of para-hydroxylation sites is 1. The monoisotopic (exact) mass is 368 g/mol. The average molecular weight is 368 g/mol. The first-order valence-electron chi connectivity index (χ1n) is 9.48. The van der Waals surface area contributed by atoms with E-state index in [0.717, 1.165) is 39.5 Å². The van der Waals surface area contributed by atoms with E-state index in [1.54, 1.807) is 4.57 Å². The van der Waals surface area contributed by atoms with Gasteiger partial charge in [0.05, 0.1) is 11.0 Å². The summed E-state index contributed by atoms with van der Waals surface area (Å²) in [5.41, 5.74) is 3.70. The van der Waals surface area contributed by atoms with Crippen LogP contribution in [-0.2, 0) is 6.80 Å². The number of hydrogen-bond donors (Lipinski definition) is 0. The van der Waals surface area contributed by atoms with Gasteiger partial charge < -0.3 is 9.47 Å². The second-order valence-corrected chi connectivity index (χ2v) is 7.67. The molecule has 142 valence electrons. The van der Waals surface area contributed by atoms with Crippen LogP contribution < -0.4 is 9.47 Å². The number of benzene rings is 2. The molecule has 0 radical (unpaired) electrons. The van der Waals surface area contributed by atoms with Crippen LogP contribution in [0.3, 0.4) is 0 Å². The molecule has 1 aromatic heterocycles. The van der Waals surface area contributed by atoms with Gasteiger partial charge in [0.25, 0.3) is 0 Å². The molecule has 2 heterocycles. The molecule has 1 aliphatic rings. The van der Waals surface area contributed by atoms with E-state index in [2.05, 4.69) is 24.9 Å². The molecular weight excluding hydrogens is 343 g/mol. The lowest BCUT2D eigenvalue weighted by atomic mass is 10.0. The van der Waals surface area contributed by atoms with E-state index < -0.39 is 6.80 Å². The summed E-state index contributed by atoms with van der Waals surface area (Å²) < 4.78 is 27.6. The largest absolute Gasteiger partial charge is 0.485 e. The summed E-state index contributed by atoms with van der Waals surface area (Å²) in [4.78, 5) is 4.59. The van der Waals surface area contributed by atoms with Crippen LogP contribution in [0.4, 0.5) is 4.39 Å². The van der Waals surface area contributed by atoms with Gasteiger partial charge in [0, 0.05) is 11.5 Å². The lowest BCUT2D eigenvalue weighted by Crippen LogP contribution is -2.22. The Labute approximate surface area is 158 Å². The number of nitrogens with zero attached hydrogens (tertiary/aromatic N) is 2. The molecule has 0 saturated heterocycles. The lowest BCUT2D eigenvalue weighted by molar-refractivity contribution is 0.0897. The van der Waals surface area contributed by atoms with Crippen LogP contribution in [0.15, 0.2) is 36.4 Å². The van der Waals surface area contributed by atoms with Gasteiger partial charge in [-0.3, -0.25) is 4.57 Å². The zero-order chi connectivity index (χ0) is 19.1. The van der Waals surface area contributed by atoms with E-state index in [1.165, 1.54) is 0 Å². The van der Waals surface area contributed by atoms with Crippen LogP contribution in [0.5, 0.6) is 11.5 Å². The highest BCUT2D eigenvalue weighted by Gasteiger charge is 2.26. The zero-order valence-corrected chi connectivity index (χ0v) is 16.2. The van der Waals surface area contributed by atoms with Gasteiger partial charge in [-0.1, -0.05) is 45.9 Å². The quantitative estimate of drug-likeness (QED) is 0.591. The summed E-state index contributed by atoms with van der Waals surface area (Å²) in [7, 11) is 0. The van der Waals surface area contributed by atoms with Crippen molar-refractivity contribution < 1.29 is 13.9 Å². The molecule has 27 heavy (non-hydrogen) atoms. The molecule has 1 atom stereocenters. The van der Waals surface area contributed by atoms with E-state index in [1.807, 2.05) is 44.2 Å². The maximum atomic E-state index is 13.7. The van der Waals surface area contributed by atoms with Gasteiger partial charge in [-0.15, -0.1) is 0 Å². The molecule has 2 aromatic carbocycles. The fourth-order valence-electron chi connectivity index (χ4n) is 3.66. The Morgan fingerprint density at radius 2 is 1.96 bits per heavy atom. The fourth-order valence-corrected chi connectivity index (χ4v) is 3.66. The van der Waals surface area contributed by atoms with Gasteiger partial charge in [0.15, 0.2) is 24.4 Å². The number of fused-ring (bicyclic) bond motifs is 2. The molecule has 0 amide bonds. The molecule has 4 rings (SSSR count). The number of ether oxygens (including phenoxy) is 2. The van der Waals surface area contributed by atoms with Crippen molar-refractivity contribution in [3.05, 3.63) is 53.3 Å². The summed E-state index contributed by atoms with van der Waals surface area (Å²) in [6.45, 7) is 8.17. The zero-order valence-electron chi connectivity index (χ0n) is 16.2. The number of halogens is 1. The molecule has 1 aliphatic heterocycles. The highest BCUT2D eigenvalue weighted by atomic mass is 19.1. The second kappa shape index (κ2) is 6.87. The third-order valence-corrected chi connectivity index (χ3v) is 5.09. The number of aromatic nitrogens is 2. The molecule has 0 saturated carbocycles.